The Bertz CT molecular complexity index is 945. The van der Waals surface area contributed by atoms with E-state index in [0.29, 0.717) is 0 Å². The van der Waals surface area contributed by atoms with E-state index in [1.807, 2.05) is 0 Å². The molecule has 0 spiro atoms. The van der Waals surface area contributed by atoms with Crippen LogP contribution in [0.15, 0.2) is 24.3 Å². The molecule has 1 aromatic rings. The maximum Gasteiger partial charge on any atom is -0.0279 e. The fourth-order valence-electron chi connectivity index (χ4n) is 11.3. The Morgan fingerprint density at radius 3 is 0.456 bits per heavy atom. The van der Waals surface area contributed by atoms with Gasteiger partial charge in [-0.1, -0.05) is 398 Å². The molecule has 1 aromatic carbocycles. The number of hydrogen-bond donors (Lipinski definition) is 0. The number of benzene rings is 1. The summed E-state index contributed by atoms with van der Waals surface area (Å²) in [6, 6.07) is 9.62. The summed E-state index contributed by atoms with van der Waals surface area (Å²) in [5.41, 5.74) is 3.17. The van der Waals surface area contributed by atoms with Crippen LogP contribution in [0.3, 0.4) is 0 Å². The van der Waals surface area contributed by atoms with E-state index in [0.717, 1.165) is 0 Å². The monoisotopic (exact) mass is 947 g/mol. The summed E-state index contributed by atoms with van der Waals surface area (Å²) < 4.78 is 0. The van der Waals surface area contributed by atoms with Crippen molar-refractivity contribution in [3.8, 4) is 0 Å². The van der Waals surface area contributed by atoms with Crippen molar-refractivity contribution in [3.05, 3.63) is 35.4 Å². The molecule has 0 aromatic heterocycles. The Hall–Kier alpha value is -0.780. The SMILES string of the molecule is CCCCCCCCCCCCCCCCCCCCCCCCCCCCCCCc1cccc(CCCCCCCCCCCCCCCCCCCCCCCCCCCCCCC)c1. The van der Waals surface area contributed by atoms with E-state index in [9.17, 15) is 0 Å². The van der Waals surface area contributed by atoms with Crippen LogP contribution in [0.1, 0.15) is 397 Å². The molecule has 0 heteroatoms. The third kappa shape index (κ3) is 53.0. The summed E-state index contributed by atoms with van der Waals surface area (Å²) in [4.78, 5) is 0. The highest BCUT2D eigenvalue weighted by Crippen LogP contribution is 2.20. The predicted octanol–water partition coefficient (Wildman–Crippen LogP) is 25.4. The van der Waals surface area contributed by atoms with Crippen LogP contribution in [0, 0.1) is 0 Å². The second-order valence-corrected chi connectivity index (χ2v) is 23.1. The molecule has 0 aliphatic rings. The van der Waals surface area contributed by atoms with Crippen molar-refractivity contribution in [2.75, 3.05) is 0 Å². The van der Waals surface area contributed by atoms with Gasteiger partial charge in [-0.05, 0) is 36.8 Å². The second kappa shape index (κ2) is 58.8. The molecule has 0 aliphatic heterocycles. The summed E-state index contributed by atoms with van der Waals surface area (Å²) in [6.45, 7) is 4.63. The van der Waals surface area contributed by atoms with Crippen LogP contribution in [0.4, 0.5) is 0 Å². The first-order chi connectivity index (χ1) is 33.9. The Labute approximate surface area is 432 Å². The molecule has 0 heterocycles. The van der Waals surface area contributed by atoms with Crippen LogP contribution in [-0.2, 0) is 12.8 Å². The summed E-state index contributed by atoms with van der Waals surface area (Å²) in [5.74, 6) is 0. The van der Waals surface area contributed by atoms with Crippen molar-refractivity contribution in [2.45, 2.75) is 399 Å². The minimum absolute atomic E-state index is 1.28. The van der Waals surface area contributed by atoms with Gasteiger partial charge in [0, 0.05) is 0 Å². The van der Waals surface area contributed by atoms with E-state index >= 15 is 0 Å². The minimum atomic E-state index is 1.28. The molecule has 0 bridgehead atoms. The Morgan fingerprint density at radius 2 is 0.309 bits per heavy atom. The molecule has 0 N–H and O–H groups in total. The van der Waals surface area contributed by atoms with Gasteiger partial charge in [0.25, 0.3) is 0 Å². The van der Waals surface area contributed by atoms with Crippen LogP contribution in [0.5, 0.6) is 0 Å². The molecule has 0 amide bonds. The van der Waals surface area contributed by atoms with Crippen molar-refractivity contribution >= 4 is 0 Å². The van der Waals surface area contributed by atoms with Gasteiger partial charge >= 0.3 is 0 Å². The van der Waals surface area contributed by atoms with Gasteiger partial charge in [-0.25, -0.2) is 0 Å². The fraction of sp³-hybridized carbons (Fsp3) is 0.912. The van der Waals surface area contributed by atoms with Gasteiger partial charge in [0.05, 0.1) is 0 Å². The van der Waals surface area contributed by atoms with Crippen LogP contribution in [0.2, 0.25) is 0 Å². The molecule has 0 fully saturated rings. The van der Waals surface area contributed by atoms with Gasteiger partial charge in [-0.3, -0.25) is 0 Å². The van der Waals surface area contributed by atoms with E-state index in [4.69, 9.17) is 0 Å². The number of rotatable bonds is 60. The molecule has 0 saturated heterocycles. The van der Waals surface area contributed by atoms with E-state index in [-0.39, 0.29) is 0 Å². The van der Waals surface area contributed by atoms with Gasteiger partial charge in [0.2, 0.25) is 0 Å². The van der Waals surface area contributed by atoms with Crippen LogP contribution < -0.4 is 0 Å². The predicted molar refractivity (Wildman–Crippen MR) is 313 cm³/mol. The van der Waals surface area contributed by atoms with Gasteiger partial charge in [-0.2, -0.15) is 0 Å². The summed E-state index contributed by atoms with van der Waals surface area (Å²) in [6.07, 6.45) is 87.9. The summed E-state index contributed by atoms with van der Waals surface area (Å²) in [5, 5.41) is 0. The molecule has 1 rings (SSSR count). The molecule has 402 valence electrons. The Kier molecular flexibility index (Phi) is 56.4. The van der Waals surface area contributed by atoms with Crippen molar-refractivity contribution in [1.82, 2.24) is 0 Å². The summed E-state index contributed by atoms with van der Waals surface area (Å²) >= 11 is 0. The number of aryl methyl sites for hydroxylation is 2. The second-order valence-electron chi connectivity index (χ2n) is 23.1. The number of hydrogen-bond acceptors (Lipinski definition) is 0. The molecular weight excluding hydrogens is 817 g/mol. The molecule has 0 saturated carbocycles. The molecule has 0 aliphatic carbocycles. The van der Waals surface area contributed by atoms with Gasteiger partial charge in [-0.15, -0.1) is 0 Å². The highest BCUT2D eigenvalue weighted by Gasteiger charge is 2.02. The lowest BCUT2D eigenvalue weighted by molar-refractivity contribution is 0.513. The van der Waals surface area contributed by atoms with Gasteiger partial charge in [0.1, 0.15) is 0 Å². The van der Waals surface area contributed by atoms with Crippen molar-refractivity contribution < 1.29 is 0 Å². The first-order valence-electron chi connectivity index (χ1n) is 32.9. The van der Waals surface area contributed by atoms with E-state index in [1.54, 1.807) is 11.1 Å². The average Bonchev–Trinajstić information content (AvgIpc) is 3.35. The Balaban J connectivity index is 1.73. The number of unbranched alkanes of at least 4 members (excludes halogenated alkanes) is 56. The molecule has 0 radical (unpaired) electrons. The maximum atomic E-state index is 2.53. The summed E-state index contributed by atoms with van der Waals surface area (Å²) in [7, 11) is 0. The zero-order chi connectivity index (χ0) is 48.4. The first kappa shape index (κ1) is 65.2. The van der Waals surface area contributed by atoms with E-state index in [2.05, 4.69) is 38.1 Å². The van der Waals surface area contributed by atoms with E-state index < -0.39 is 0 Å². The largest absolute Gasteiger partial charge is 0.0654 e. The van der Waals surface area contributed by atoms with Gasteiger partial charge < -0.3 is 0 Å². The van der Waals surface area contributed by atoms with Gasteiger partial charge in [0.15, 0.2) is 0 Å². The maximum absolute atomic E-state index is 2.53. The molecule has 0 nitrogen and oxygen atoms in total. The smallest absolute Gasteiger partial charge is 0.0279 e. The van der Waals surface area contributed by atoms with Crippen molar-refractivity contribution in [3.63, 3.8) is 0 Å². The first-order valence-corrected chi connectivity index (χ1v) is 32.9. The minimum Gasteiger partial charge on any atom is -0.0654 e. The third-order valence-corrected chi connectivity index (χ3v) is 16.1. The quantitative estimate of drug-likeness (QED) is 0.0571. The molecule has 0 unspecified atom stereocenters. The Morgan fingerprint density at radius 1 is 0.176 bits per heavy atom. The van der Waals surface area contributed by atoms with Crippen LogP contribution in [0.25, 0.3) is 0 Å². The molecule has 68 heavy (non-hydrogen) atoms. The average molecular weight is 948 g/mol. The molecular formula is C68H130. The van der Waals surface area contributed by atoms with Crippen molar-refractivity contribution in [1.29, 1.82) is 0 Å². The normalized spacial score (nSPS) is 11.7. The van der Waals surface area contributed by atoms with E-state index in [1.165, 1.54) is 385 Å². The topological polar surface area (TPSA) is 0 Å². The lowest BCUT2D eigenvalue weighted by Crippen LogP contribution is -1.91. The zero-order valence-corrected chi connectivity index (χ0v) is 47.7. The highest BCUT2D eigenvalue weighted by molar-refractivity contribution is 5.23. The standard InChI is InChI=1S/C68H130/c1-3-5-7-9-11-13-15-17-19-21-23-25-27-29-31-33-35-37-39-41-43-45-47-49-51-53-55-57-59-62-67-64-61-65-68(66-67)63-60-58-56-54-52-50-48-46-44-42-40-38-36-34-32-30-28-26-24-22-20-18-16-14-12-10-8-6-4-2/h61,64-66H,3-60,62-63H2,1-2H3. The lowest BCUT2D eigenvalue weighted by Gasteiger charge is -2.07. The molecule has 0 atom stereocenters. The van der Waals surface area contributed by atoms with Crippen LogP contribution >= 0.6 is 0 Å². The zero-order valence-electron chi connectivity index (χ0n) is 47.7. The lowest BCUT2D eigenvalue weighted by atomic mass is 9.99. The third-order valence-electron chi connectivity index (χ3n) is 16.1. The highest BCUT2D eigenvalue weighted by atomic mass is 14.1. The van der Waals surface area contributed by atoms with Crippen molar-refractivity contribution in [2.24, 2.45) is 0 Å². The fourth-order valence-corrected chi connectivity index (χ4v) is 11.3. The van der Waals surface area contributed by atoms with Crippen LogP contribution in [-0.4, -0.2) is 0 Å².